The number of nitrogens with one attached hydrogen (secondary N) is 2. The summed E-state index contributed by atoms with van der Waals surface area (Å²) in [4.78, 5) is 24.0. The van der Waals surface area contributed by atoms with E-state index in [2.05, 4.69) is 17.8 Å². The molecule has 0 aromatic heterocycles. The molecular weight excluding hydrogens is 363 g/mol. The van der Waals surface area contributed by atoms with Gasteiger partial charge in [-0.25, -0.2) is 4.39 Å². The summed E-state index contributed by atoms with van der Waals surface area (Å²) in [5.41, 5.74) is 5.41. The predicted molar refractivity (Wildman–Crippen MR) is 104 cm³/mol. The van der Waals surface area contributed by atoms with Gasteiger partial charge in [0.25, 0.3) is 11.8 Å². The molecule has 0 fully saturated rings. The van der Waals surface area contributed by atoms with Crippen LogP contribution in [0.1, 0.15) is 35.7 Å². The molecule has 0 saturated heterocycles. The minimum Gasteiger partial charge on any atom is -0.493 e. The summed E-state index contributed by atoms with van der Waals surface area (Å²) in [5.74, 6) is -0.474. The van der Waals surface area contributed by atoms with E-state index in [0.717, 1.165) is 12.8 Å². The summed E-state index contributed by atoms with van der Waals surface area (Å²) in [5, 5.41) is 0. The second-order valence-corrected chi connectivity index (χ2v) is 5.90. The molecule has 148 valence electrons. The fourth-order valence-corrected chi connectivity index (χ4v) is 2.27. The third-order valence-corrected chi connectivity index (χ3v) is 3.76. The van der Waals surface area contributed by atoms with Gasteiger partial charge in [0.15, 0.2) is 11.5 Å². The summed E-state index contributed by atoms with van der Waals surface area (Å²) >= 11 is 0. The maximum Gasteiger partial charge on any atom is 0.269 e. The van der Waals surface area contributed by atoms with Crippen LogP contribution < -0.4 is 20.3 Å². The molecule has 0 bridgehead atoms. The van der Waals surface area contributed by atoms with Gasteiger partial charge in [0.05, 0.1) is 13.7 Å². The topological polar surface area (TPSA) is 76.7 Å². The third-order valence-electron chi connectivity index (χ3n) is 3.76. The van der Waals surface area contributed by atoms with Crippen LogP contribution in [0.2, 0.25) is 0 Å². The first kappa shape index (κ1) is 21.0. The van der Waals surface area contributed by atoms with Crippen LogP contribution in [0, 0.1) is 5.82 Å². The van der Waals surface area contributed by atoms with E-state index in [9.17, 15) is 14.0 Å². The number of hydrogen-bond acceptors (Lipinski definition) is 4. The van der Waals surface area contributed by atoms with Crippen LogP contribution in [0.15, 0.2) is 48.5 Å². The Morgan fingerprint density at radius 2 is 1.93 bits per heavy atom. The first-order valence-electron chi connectivity index (χ1n) is 8.88. The molecule has 2 rings (SSSR count). The lowest BCUT2D eigenvalue weighted by molar-refractivity contribution is -0.117. The summed E-state index contributed by atoms with van der Waals surface area (Å²) in [6, 6.07) is 10.6. The number of halogens is 1. The molecule has 0 unspecified atom stereocenters. The predicted octanol–water partition coefficient (Wildman–Crippen LogP) is 3.49. The highest BCUT2D eigenvalue weighted by atomic mass is 19.1. The monoisotopic (exact) mass is 386 g/mol. The van der Waals surface area contributed by atoms with Crippen LogP contribution in [-0.2, 0) is 4.79 Å². The Kier molecular flexibility index (Phi) is 8.02. The van der Waals surface area contributed by atoms with Gasteiger partial charge in [-0.05, 0) is 48.4 Å². The maximum atomic E-state index is 13.1. The lowest BCUT2D eigenvalue weighted by Gasteiger charge is -2.12. The summed E-state index contributed by atoms with van der Waals surface area (Å²) < 4.78 is 24.0. The van der Waals surface area contributed by atoms with Crippen molar-refractivity contribution in [3.63, 3.8) is 0 Å². The highest BCUT2D eigenvalue weighted by Gasteiger charge is 2.11. The van der Waals surface area contributed by atoms with Crippen molar-refractivity contribution in [2.45, 2.75) is 19.8 Å². The number of hydrogen-bond donors (Lipinski definition) is 2. The van der Waals surface area contributed by atoms with Crippen molar-refractivity contribution < 1.29 is 23.5 Å². The molecule has 7 heteroatoms. The molecule has 6 nitrogen and oxygen atoms in total. The summed E-state index contributed by atoms with van der Waals surface area (Å²) in [6.45, 7) is 2.63. The van der Waals surface area contributed by atoms with Crippen LogP contribution in [0.25, 0.3) is 6.08 Å². The lowest BCUT2D eigenvalue weighted by Crippen LogP contribution is -2.40. The zero-order chi connectivity index (χ0) is 20.4. The zero-order valence-corrected chi connectivity index (χ0v) is 15.8. The SMILES string of the molecule is CCCCOc1ccc(C(=O)NNC(=O)/C=C/c2cccc(F)c2)cc1OC. The number of carbonyl (C=O) groups is 2. The van der Waals surface area contributed by atoms with Gasteiger partial charge in [-0.2, -0.15) is 0 Å². The number of ether oxygens (including phenoxy) is 2. The van der Waals surface area contributed by atoms with Gasteiger partial charge in [0, 0.05) is 11.6 Å². The summed E-state index contributed by atoms with van der Waals surface area (Å²) in [7, 11) is 1.49. The first-order chi connectivity index (χ1) is 13.5. The zero-order valence-electron chi connectivity index (χ0n) is 15.8. The minimum absolute atomic E-state index is 0.300. The molecule has 0 atom stereocenters. The fraction of sp³-hybridized carbons (Fsp3) is 0.238. The average molecular weight is 386 g/mol. The number of benzene rings is 2. The van der Waals surface area contributed by atoms with Gasteiger partial charge in [-0.1, -0.05) is 25.5 Å². The molecule has 0 aliphatic heterocycles. The highest BCUT2D eigenvalue weighted by Crippen LogP contribution is 2.28. The van der Waals surface area contributed by atoms with Gasteiger partial charge in [-0.15, -0.1) is 0 Å². The van der Waals surface area contributed by atoms with Crippen LogP contribution >= 0.6 is 0 Å². The van der Waals surface area contributed by atoms with Crippen LogP contribution in [0.5, 0.6) is 11.5 Å². The van der Waals surface area contributed by atoms with Crippen LogP contribution in [-0.4, -0.2) is 25.5 Å². The number of amides is 2. The standard InChI is InChI=1S/C21H23FN2O4/c1-3-4-12-28-18-10-9-16(14-19(18)27-2)21(26)24-23-20(25)11-8-15-6-5-7-17(22)13-15/h5-11,13-14H,3-4,12H2,1-2H3,(H,23,25)(H,24,26)/b11-8+. The molecule has 0 saturated carbocycles. The van der Waals surface area contributed by atoms with Crippen molar-refractivity contribution >= 4 is 17.9 Å². The quantitative estimate of drug-likeness (QED) is 0.414. The van der Waals surface area contributed by atoms with E-state index < -0.39 is 17.6 Å². The van der Waals surface area contributed by atoms with Crippen molar-refractivity contribution in [1.29, 1.82) is 0 Å². The van der Waals surface area contributed by atoms with Crippen molar-refractivity contribution in [3.8, 4) is 11.5 Å². The molecular formula is C21H23FN2O4. The molecule has 2 aromatic carbocycles. The first-order valence-corrected chi connectivity index (χ1v) is 8.88. The Morgan fingerprint density at radius 1 is 1.11 bits per heavy atom. The van der Waals surface area contributed by atoms with Crippen molar-refractivity contribution in [1.82, 2.24) is 10.9 Å². The number of rotatable bonds is 8. The smallest absolute Gasteiger partial charge is 0.269 e. The second-order valence-electron chi connectivity index (χ2n) is 5.90. The van der Waals surface area contributed by atoms with Crippen molar-refractivity contribution in [2.24, 2.45) is 0 Å². The number of hydrazine groups is 1. The molecule has 2 aromatic rings. The fourth-order valence-electron chi connectivity index (χ4n) is 2.27. The van der Waals surface area contributed by atoms with Crippen molar-refractivity contribution in [2.75, 3.05) is 13.7 Å². The van der Waals surface area contributed by atoms with Gasteiger partial charge in [0.1, 0.15) is 5.82 Å². The van der Waals surface area contributed by atoms with E-state index >= 15 is 0 Å². The molecule has 28 heavy (non-hydrogen) atoms. The highest BCUT2D eigenvalue weighted by molar-refractivity contribution is 5.98. The van der Waals surface area contributed by atoms with E-state index in [1.165, 1.54) is 43.5 Å². The van der Waals surface area contributed by atoms with Crippen LogP contribution in [0.3, 0.4) is 0 Å². The Bertz CT molecular complexity index is 852. The second kappa shape index (κ2) is 10.7. The van der Waals surface area contributed by atoms with Crippen LogP contribution in [0.4, 0.5) is 4.39 Å². The molecule has 0 spiro atoms. The molecule has 2 N–H and O–H groups in total. The van der Waals surface area contributed by atoms with E-state index in [1.54, 1.807) is 18.2 Å². The number of carbonyl (C=O) groups excluding carboxylic acids is 2. The Labute approximate surface area is 163 Å². The van der Waals surface area contributed by atoms with E-state index in [-0.39, 0.29) is 0 Å². The van der Waals surface area contributed by atoms with Crippen molar-refractivity contribution in [3.05, 3.63) is 65.5 Å². The summed E-state index contributed by atoms with van der Waals surface area (Å²) in [6.07, 6.45) is 4.56. The number of unbranched alkanes of at least 4 members (excludes halogenated alkanes) is 1. The molecule has 2 amide bonds. The molecule has 0 heterocycles. The lowest BCUT2D eigenvalue weighted by atomic mass is 10.2. The maximum absolute atomic E-state index is 13.1. The molecule has 0 aliphatic carbocycles. The van der Waals surface area contributed by atoms with E-state index in [1.807, 2.05) is 0 Å². The third kappa shape index (κ3) is 6.42. The Hall–Kier alpha value is -3.35. The largest absolute Gasteiger partial charge is 0.493 e. The van der Waals surface area contributed by atoms with Gasteiger partial charge < -0.3 is 9.47 Å². The van der Waals surface area contributed by atoms with Gasteiger partial charge >= 0.3 is 0 Å². The number of methoxy groups -OCH3 is 1. The Morgan fingerprint density at radius 3 is 2.64 bits per heavy atom. The van der Waals surface area contributed by atoms with E-state index in [0.29, 0.717) is 29.2 Å². The minimum atomic E-state index is -0.552. The average Bonchev–Trinajstić information content (AvgIpc) is 2.70. The van der Waals surface area contributed by atoms with Gasteiger partial charge in [0.2, 0.25) is 0 Å². The van der Waals surface area contributed by atoms with Gasteiger partial charge in [-0.3, -0.25) is 20.4 Å². The molecule has 0 radical (unpaired) electrons. The van der Waals surface area contributed by atoms with E-state index in [4.69, 9.17) is 9.47 Å². The molecule has 0 aliphatic rings. The Balaban J connectivity index is 1.92. The normalized spacial score (nSPS) is 10.5.